The largest absolute Gasteiger partial charge is 0.481 e. The van der Waals surface area contributed by atoms with E-state index in [0.29, 0.717) is 37.0 Å². The van der Waals surface area contributed by atoms with Crippen LogP contribution >= 0.6 is 23.1 Å². The van der Waals surface area contributed by atoms with E-state index in [9.17, 15) is 19.5 Å². The van der Waals surface area contributed by atoms with E-state index in [1.54, 1.807) is 15.9 Å². The van der Waals surface area contributed by atoms with E-state index in [2.05, 4.69) is 6.92 Å². The summed E-state index contributed by atoms with van der Waals surface area (Å²) in [4.78, 5) is 43.0. The average Bonchev–Trinajstić information content (AvgIpc) is 2.91. The minimum Gasteiger partial charge on any atom is -0.481 e. The number of fused-ring (bicyclic) bond motifs is 4. The molecule has 2 aliphatic rings. The second-order valence-electron chi connectivity index (χ2n) is 7.60. The fourth-order valence-electron chi connectivity index (χ4n) is 4.32. The van der Waals surface area contributed by atoms with Crippen molar-refractivity contribution >= 4 is 45.6 Å². The number of aliphatic carboxylic acids is 1. The first-order valence-corrected chi connectivity index (χ1v) is 11.8. The molecule has 0 fully saturated rings. The molecule has 8 heteroatoms. The highest BCUT2D eigenvalue weighted by atomic mass is 32.2. The fraction of sp³-hybridized carbons (Fsp3) is 0.600. The summed E-state index contributed by atoms with van der Waals surface area (Å²) in [6, 6.07) is 0. The van der Waals surface area contributed by atoms with Crippen molar-refractivity contribution in [3.8, 4) is 0 Å². The van der Waals surface area contributed by atoms with Crippen LogP contribution < -0.4 is 5.56 Å². The maximum absolute atomic E-state index is 13.3. The zero-order valence-electron chi connectivity index (χ0n) is 15.8. The topological polar surface area (TPSA) is 89.3 Å². The number of hydrogen-bond acceptors (Lipinski definition) is 6. The number of aryl methyl sites for hydroxylation is 2. The Labute approximate surface area is 171 Å². The first-order chi connectivity index (χ1) is 13.5. The molecular weight excluding hydrogens is 396 g/mol. The summed E-state index contributed by atoms with van der Waals surface area (Å²) in [6.07, 6.45) is 5.11. The van der Waals surface area contributed by atoms with Gasteiger partial charge in [-0.05, 0) is 43.4 Å². The molecule has 3 unspecified atom stereocenters. The maximum Gasteiger partial charge on any atom is 0.306 e. The molecule has 0 aromatic carbocycles. The van der Waals surface area contributed by atoms with Gasteiger partial charge in [0.15, 0.2) is 0 Å². The molecule has 2 aromatic heterocycles. The second-order valence-corrected chi connectivity index (χ2v) is 9.88. The SMILES string of the molecule is CCCSC1c2sc3nc4n(c(=O)c3c2CCC1C=O)CCC(C(=O)O)CC4. The van der Waals surface area contributed by atoms with Gasteiger partial charge in [0.2, 0.25) is 0 Å². The summed E-state index contributed by atoms with van der Waals surface area (Å²) in [6.45, 7) is 2.54. The smallest absolute Gasteiger partial charge is 0.306 e. The van der Waals surface area contributed by atoms with Gasteiger partial charge in [-0.15, -0.1) is 11.3 Å². The Balaban J connectivity index is 1.80. The molecule has 0 amide bonds. The number of aromatic nitrogens is 2. The van der Waals surface area contributed by atoms with Crippen LogP contribution in [0.15, 0.2) is 4.79 Å². The molecule has 1 aliphatic heterocycles. The first kappa shape index (κ1) is 19.6. The summed E-state index contributed by atoms with van der Waals surface area (Å²) in [5.74, 6) is 0.466. The van der Waals surface area contributed by atoms with Gasteiger partial charge in [-0.25, -0.2) is 4.98 Å². The van der Waals surface area contributed by atoms with E-state index in [0.717, 1.165) is 46.6 Å². The van der Waals surface area contributed by atoms with E-state index in [4.69, 9.17) is 4.98 Å². The van der Waals surface area contributed by atoms with Crippen molar-refractivity contribution in [2.45, 2.75) is 57.2 Å². The van der Waals surface area contributed by atoms with Gasteiger partial charge < -0.3 is 9.90 Å². The number of nitrogens with zero attached hydrogens (tertiary/aromatic N) is 2. The third-order valence-corrected chi connectivity index (χ3v) is 8.79. The van der Waals surface area contributed by atoms with E-state index in [1.807, 2.05) is 11.8 Å². The van der Waals surface area contributed by atoms with Crippen LogP contribution in [-0.4, -0.2) is 32.7 Å². The van der Waals surface area contributed by atoms with Gasteiger partial charge in [0.1, 0.15) is 16.9 Å². The van der Waals surface area contributed by atoms with E-state index >= 15 is 0 Å². The van der Waals surface area contributed by atoms with Crippen LogP contribution in [0.3, 0.4) is 0 Å². The molecule has 0 spiro atoms. The lowest BCUT2D eigenvalue weighted by atomic mass is 9.88. The monoisotopic (exact) mass is 420 g/mol. The zero-order valence-corrected chi connectivity index (χ0v) is 17.5. The first-order valence-electron chi connectivity index (χ1n) is 9.89. The van der Waals surface area contributed by atoms with Crippen LogP contribution in [0.5, 0.6) is 0 Å². The summed E-state index contributed by atoms with van der Waals surface area (Å²) in [5.41, 5.74) is 1.03. The lowest BCUT2D eigenvalue weighted by Crippen LogP contribution is -2.26. The van der Waals surface area contributed by atoms with Crippen LogP contribution in [0.1, 0.15) is 54.1 Å². The second kappa shape index (κ2) is 7.99. The number of carbonyl (C=O) groups is 2. The molecule has 2 aromatic rings. The van der Waals surface area contributed by atoms with Gasteiger partial charge in [0.05, 0.1) is 11.3 Å². The van der Waals surface area contributed by atoms with Crippen molar-refractivity contribution < 1.29 is 14.7 Å². The van der Waals surface area contributed by atoms with Gasteiger partial charge in [-0.3, -0.25) is 14.2 Å². The molecule has 1 aliphatic carbocycles. The van der Waals surface area contributed by atoms with Crippen molar-refractivity contribution in [1.29, 1.82) is 0 Å². The Bertz CT molecular complexity index is 981. The Morgan fingerprint density at radius 1 is 1.36 bits per heavy atom. The number of carbonyl (C=O) groups excluding carboxylic acids is 1. The van der Waals surface area contributed by atoms with E-state index in [-0.39, 0.29) is 16.7 Å². The number of hydrogen-bond donors (Lipinski definition) is 1. The Morgan fingerprint density at radius 2 is 2.18 bits per heavy atom. The Morgan fingerprint density at radius 3 is 2.89 bits per heavy atom. The summed E-state index contributed by atoms with van der Waals surface area (Å²) < 4.78 is 1.69. The van der Waals surface area contributed by atoms with E-state index in [1.165, 1.54) is 0 Å². The zero-order chi connectivity index (χ0) is 19.8. The minimum absolute atomic E-state index is 0.00554. The Kier molecular flexibility index (Phi) is 5.60. The summed E-state index contributed by atoms with van der Waals surface area (Å²) >= 11 is 3.37. The molecule has 0 saturated carbocycles. The van der Waals surface area contributed by atoms with Crippen molar-refractivity contribution in [3.63, 3.8) is 0 Å². The number of thiophene rings is 1. The number of aldehydes is 1. The minimum atomic E-state index is -0.796. The third-order valence-electron chi connectivity index (χ3n) is 5.84. The number of thioether (sulfide) groups is 1. The quantitative estimate of drug-likeness (QED) is 0.746. The molecule has 3 atom stereocenters. The van der Waals surface area contributed by atoms with Crippen molar-refractivity contribution in [2.24, 2.45) is 11.8 Å². The summed E-state index contributed by atoms with van der Waals surface area (Å²) in [7, 11) is 0. The molecule has 28 heavy (non-hydrogen) atoms. The van der Waals surface area contributed by atoms with Crippen LogP contribution in [0.4, 0.5) is 0 Å². The van der Waals surface area contributed by atoms with Crippen molar-refractivity contribution in [2.75, 3.05) is 5.75 Å². The maximum atomic E-state index is 13.3. The van der Waals surface area contributed by atoms with Crippen LogP contribution in [0.2, 0.25) is 0 Å². The van der Waals surface area contributed by atoms with Gasteiger partial charge in [0, 0.05) is 29.0 Å². The average molecular weight is 421 g/mol. The lowest BCUT2D eigenvalue weighted by molar-refractivity contribution is -0.142. The Hall–Kier alpha value is -1.67. The highest BCUT2D eigenvalue weighted by Gasteiger charge is 2.34. The van der Waals surface area contributed by atoms with Gasteiger partial charge in [0.25, 0.3) is 5.56 Å². The molecule has 6 nitrogen and oxygen atoms in total. The molecule has 1 N–H and O–H groups in total. The molecule has 0 bridgehead atoms. The van der Waals surface area contributed by atoms with Gasteiger partial charge in [-0.2, -0.15) is 11.8 Å². The third kappa shape index (κ3) is 3.30. The molecule has 0 radical (unpaired) electrons. The molecular formula is C20H24N2O4S2. The van der Waals surface area contributed by atoms with Gasteiger partial charge in [-0.1, -0.05) is 6.92 Å². The number of carboxylic acids is 1. The van der Waals surface area contributed by atoms with Crippen molar-refractivity contribution in [1.82, 2.24) is 9.55 Å². The number of rotatable bonds is 5. The molecule has 4 rings (SSSR count). The number of carboxylic acid groups (broad SMARTS) is 1. The van der Waals surface area contributed by atoms with Crippen LogP contribution in [0, 0.1) is 11.8 Å². The van der Waals surface area contributed by atoms with Crippen molar-refractivity contribution in [3.05, 3.63) is 26.6 Å². The predicted octanol–water partition coefficient (Wildman–Crippen LogP) is 3.44. The lowest BCUT2D eigenvalue weighted by Gasteiger charge is -2.27. The summed E-state index contributed by atoms with van der Waals surface area (Å²) in [5, 5.41) is 10.1. The highest BCUT2D eigenvalue weighted by molar-refractivity contribution is 7.99. The van der Waals surface area contributed by atoms with E-state index < -0.39 is 11.9 Å². The van der Waals surface area contributed by atoms with Crippen LogP contribution in [-0.2, 0) is 29.0 Å². The molecule has 3 heterocycles. The highest BCUT2D eigenvalue weighted by Crippen LogP contribution is 2.48. The van der Waals surface area contributed by atoms with Crippen LogP contribution in [0.25, 0.3) is 10.2 Å². The van der Waals surface area contributed by atoms with Gasteiger partial charge >= 0.3 is 5.97 Å². The predicted molar refractivity (Wildman–Crippen MR) is 111 cm³/mol. The standard InChI is InChI=1S/C20H24N2O4S2/c1-2-9-27-16-12(10-23)3-5-13-15-18(28-17(13)16)21-14-6-4-11(20(25)26)7-8-22(14)19(15)24/h10-12,16H,2-9H2,1H3,(H,25,26). The normalized spacial score (nSPS) is 24.4. The molecule has 150 valence electrons. The molecule has 0 saturated heterocycles. The fourth-order valence-corrected chi connectivity index (χ4v) is 7.19.